The van der Waals surface area contributed by atoms with E-state index in [1.54, 1.807) is 0 Å². The van der Waals surface area contributed by atoms with Gasteiger partial charge in [-0.2, -0.15) is 0 Å². The van der Waals surface area contributed by atoms with E-state index in [1.807, 2.05) is 0 Å². The number of hydrogen-bond donors (Lipinski definition) is 0. The second kappa shape index (κ2) is 6.54. The Morgan fingerprint density at radius 2 is 0.920 bits per heavy atom. The van der Waals surface area contributed by atoms with E-state index >= 15 is 0 Å². The fraction of sp³-hybridized carbons (Fsp3) is 1.00. The SMILES string of the molecule is CCC[CH2][Bi]1[O]C(C(F)(F)F)(C(F)(F)F)C(C(F)(F)F)(C(F)(F)F)[O]1. The molecule has 0 spiro atoms. The van der Waals surface area contributed by atoms with Crippen molar-refractivity contribution in [1.82, 2.24) is 0 Å². The minimum absolute atomic E-state index is 0.0919. The van der Waals surface area contributed by atoms with Gasteiger partial charge in [-0.15, -0.1) is 0 Å². The van der Waals surface area contributed by atoms with E-state index in [4.69, 9.17) is 0 Å². The summed E-state index contributed by atoms with van der Waals surface area (Å²) >= 11 is -5.38. The Balaban J connectivity index is 3.83. The van der Waals surface area contributed by atoms with Crippen LogP contribution in [0.5, 0.6) is 0 Å². The number of halogens is 12. The zero-order valence-corrected chi connectivity index (χ0v) is 15.4. The number of rotatable bonds is 3. The molecule has 0 aromatic heterocycles. The van der Waals surface area contributed by atoms with Crippen molar-refractivity contribution in [3.05, 3.63) is 0 Å². The second-order valence-electron chi connectivity index (χ2n) is 4.95. The van der Waals surface area contributed by atoms with Crippen molar-refractivity contribution in [1.29, 1.82) is 0 Å². The van der Waals surface area contributed by atoms with Gasteiger partial charge in [0.2, 0.25) is 0 Å². The molecular formula is C10H9BiF12O2. The fourth-order valence-electron chi connectivity index (χ4n) is 2.16. The molecule has 0 bridgehead atoms. The Labute approximate surface area is 141 Å². The van der Waals surface area contributed by atoms with Crippen LogP contribution in [0.3, 0.4) is 0 Å². The molecule has 0 N–H and O–H groups in total. The van der Waals surface area contributed by atoms with E-state index in [-0.39, 0.29) is 12.8 Å². The molecule has 0 atom stereocenters. The zero-order valence-electron chi connectivity index (χ0n) is 11.9. The predicted octanol–water partition coefficient (Wildman–Crippen LogP) is 5.05. The third-order valence-electron chi connectivity index (χ3n) is 3.26. The van der Waals surface area contributed by atoms with Gasteiger partial charge in [-0.1, -0.05) is 0 Å². The van der Waals surface area contributed by atoms with E-state index in [9.17, 15) is 52.7 Å². The van der Waals surface area contributed by atoms with Gasteiger partial charge in [0.25, 0.3) is 0 Å². The summed E-state index contributed by atoms with van der Waals surface area (Å²) in [6.45, 7) is 1.38. The van der Waals surface area contributed by atoms with Crippen LogP contribution in [0.15, 0.2) is 0 Å². The van der Waals surface area contributed by atoms with Crippen LogP contribution in [-0.4, -0.2) is 58.5 Å². The standard InChI is InChI=1S/C6F12O2.C4H9.Bi/c7-3(8,9)1(19,4(10,11)12)2(20,5(13,14)15)6(16,17)18;1-3-4-2;/h;1,3-4H2,2H3;/q-2;;+2. The number of hydrogen-bond acceptors (Lipinski definition) is 2. The Hall–Kier alpha value is -0.0369. The Morgan fingerprint density at radius 3 is 1.12 bits per heavy atom. The zero-order chi connectivity index (χ0) is 20.1. The summed E-state index contributed by atoms with van der Waals surface area (Å²) < 4.78 is 163. The van der Waals surface area contributed by atoms with Crippen LogP contribution in [0.1, 0.15) is 19.8 Å². The number of alkyl halides is 12. The summed E-state index contributed by atoms with van der Waals surface area (Å²) in [6.07, 6.45) is -28.5. The fourth-order valence-corrected chi connectivity index (χ4v) is 10.2. The monoisotopic (exact) mass is 598 g/mol. The molecule has 1 aliphatic heterocycles. The molecule has 0 saturated carbocycles. The van der Waals surface area contributed by atoms with Crippen molar-refractivity contribution in [3.63, 3.8) is 0 Å². The summed E-state index contributed by atoms with van der Waals surface area (Å²) in [5.74, 6) is 0. The van der Waals surface area contributed by atoms with Crippen molar-refractivity contribution in [2.75, 3.05) is 0 Å². The van der Waals surface area contributed by atoms with Gasteiger partial charge in [-0.3, -0.25) is 0 Å². The maximum atomic E-state index is 13.1. The molecule has 0 radical (unpaired) electrons. The van der Waals surface area contributed by atoms with Gasteiger partial charge in [0, 0.05) is 0 Å². The van der Waals surface area contributed by atoms with Gasteiger partial charge in [0.15, 0.2) is 0 Å². The first-order valence-corrected chi connectivity index (χ1v) is 11.6. The second-order valence-corrected chi connectivity index (χ2v) is 10.7. The van der Waals surface area contributed by atoms with Gasteiger partial charge in [0.1, 0.15) is 0 Å². The maximum absolute atomic E-state index is 13.1. The third-order valence-corrected chi connectivity index (χ3v) is 9.63. The molecule has 25 heavy (non-hydrogen) atoms. The van der Waals surface area contributed by atoms with E-state index in [0.717, 1.165) is 0 Å². The minimum atomic E-state index is -7.08. The molecule has 0 amide bonds. The molecule has 0 aromatic rings. The van der Waals surface area contributed by atoms with E-state index in [2.05, 4.69) is 5.63 Å². The average molecular weight is 598 g/mol. The van der Waals surface area contributed by atoms with Crippen LogP contribution in [0, 0.1) is 0 Å². The summed E-state index contributed by atoms with van der Waals surface area (Å²) in [5.41, 5.74) is -13.1. The average Bonchev–Trinajstić information content (AvgIpc) is 2.71. The molecule has 1 saturated heterocycles. The molecule has 150 valence electrons. The van der Waals surface area contributed by atoms with Gasteiger partial charge in [0.05, 0.1) is 0 Å². The normalized spacial score (nSPS) is 22.4. The summed E-state index contributed by atoms with van der Waals surface area (Å²) in [6, 6.07) is 0. The van der Waals surface area contributed by atoms with E-state index < -0.39 is 62.7 Å². The van der Waals surface area contributed by atoms with Crippen molar-refractivity contribution in [3.8, 4) is 0 Å². The van der Waals surface area contributed by atoms with Crippen LogP contribution < -0.4 is 0 Å². The Morgan fingerprint density at radius 1 is 0.640 bits per heavy atom. The van der Waals surface area contributed by atoms with Crippen molar-refractivity contribution >= 4 is 22.6 Å². The first-order valence-electron chi connectivity index (χ1n) is 6.31. The molecule has 1 heterocycles. The first-order chi connectivity index (χ1) is 10.9. The van der Waals surface area contributed by atoms with Gasteiger partial charge < -0.3 is 0 Å². The van der Waals surface area contributed by atoms with Crippen LogP contribution in [0.25, 0.3) is 0 Å². The molecule has 15 heteroatoms. The van der Waals surface area contributed by atoms with Gasteiger partial charge in [-0.25, -0.2) is 0 Å². The topological polar surface area (TPSA) is 18.5 Å². The molecule has 1 fully saturated rings. The quantitative estimate of drug-likeness (QED) is 0.335. The summed E-state index contributed by atoms with van der Waals surface area (Å²) in [5, 5.41) is 0. The van der Waals surface area contributed by atoms with E-state index in [0.29, 0.717) is 0 Å². The summed E-state index contributed by atoms with van der Waals surface area (Å²) in [7, 11) is 0. The van der Waals surface area contributed by atoms with E-state index in [1.165, 1.54) is 6.92 Å². The van der Waals surface area contributed by atoms with Crippen molar-refractivity contribution < 1.29 is 58.3 Å². The van der Waals surface area contributed by atoms with Crippen molar-refractivity contribution in [2.24, 2.45) is 0 Å². The van der Waals surface area contributed by atoms with Crippen LogP contribution in [-0.2, 0) is 5.63 Å². The third kappa shape index (κ3) is 3.32. The summed E-state index contributed by atoms with van der Waals surface area (Å²) in [4.78, 5) is 0. The van der Waals surface area contributed by atoms with Crippen molar-refractivity contribution in [2.45, 2.75) is 59.8 Å². The molecule has 0 unspecified atom stereocenters. The van der Waals surface area contributed by atoms with Crippen LogP contribution in [0.2, 0.25) is 4.13 Å². The van der Waals surface area contributed by atoms with Gasteiger partial charge in [-0.05, 0) is 0 Å². The number of unbranched alkanes of at least 4 members (excludes halogenated alkanes) is 1. The Kier molecular flexibility index (Phi) is 6.02. The molecule has 0 aliphatic carbocycles. The molecule has 2 nitrogen and oxygen atoms in total. The van der Waals surface area contributed by atoms with Crippen LogP contribution >= 0.6 is 0 Å². The molecule has 1 aliphatic rings. The van der Waals surface area contributed by atoms with Crippen LogP contribution in [0.4, 0.5) is 52.7 Å². The Bertz CT molecular complexity index is 408. The predicted molar refractivity (Wildman–Crippen MR) is 57.3 cm³/mol. The molecule has 0 aromatic carbocycles. The molecular weight excluding hydrogens is 589 g/mol. The molecule has 1 rings (SSSR count). The van der Waals surface area contributed by atoms with Gasteiger partial charge >= 0.3 is 141 Å². The first kappa shape index (κ1) is 23.0.